The first-order valence-electron chi connectivity index (χ1n) is 15.1. The standard InChI is InChI=1S/C35H40N4O5/c1-6-24(40)13-8-7-9-15-31(39(3)33(41)20-26-22(2)37-30-17-16-25(42-4)19-27(26)30)35-36-21-32(44-35)28-18-23-12-10-11-14-29(23)38-34(28)43-5/h10-12,14,16-19,21,31,37H,6-9,13,15,20H2,1-5H3. The zero-order valence-corrected chi connectivity index (χ0v) is 26.1. The predicted octanol–water partition coefficient (Wildman–Crippen LogP) is 7.37. The molecule has 0 spiro atoms. The van der Waals surface area contributed by atoms with Crippen molar-refractivity contribution in [3.63, 3.8) is 0 Å². The quantitative estimate of drug-likeness (QED) is 0.133. The Morgan fingerprint density at radius 1 is 1.05 bits per heavy atom. The number of Topliss-reactive ketones (excluding diaryl/α,β-unsaturated/α-hetero) is 1. The van der Waals surface area contributed by atoms with Crippen LogP contribution in [0.4, 0.5) is 0 Å². The number of fused-ring (bicyclic) bond motifs is 2. The van der Waals surface area contributed by atoms with E-state index < -0.39 is 6.04 Å². The third kappa shape index (κ3) is 6.61. The van der Waals surface area contributed by atoms with Crippen LogP contribution >= 0.6 is 0 Å². The molecule has 3 aromatic heterocycles. The minimum atomic E-state index is -0.391. The number of aromatic amines is 1. The Bertz CT molecular complexity index is 1770. The summed E-state index contributed by atoms with van der Waals surface area (Å²) in [5, 5.41) is 1.92. The first-order chi connectivity index (χ1) is 21.3. The van der Waals surface area contributed by atoms with Gasteiger partial charge in [0, 0.05) is 41.9 Å². The molecule has 230 valence electrons. The van der Waals surface area contributed by atoms with Crippen LogP contribution in [0.5, 0.6) is 11.6 Å². The molecule has 0 fully saturated rings. The Balaban J connectivity index is 1.42. The van der Waals surface area contributed by atoms with Crippen molar-refractivity contribution in [2.45, 2.75) is 64.8 Å². The van der Waals surface area contributed by atoms with Crippen molar-refractivity contribution < 1.29 is 23.5 Å². The third-order valence-electron chi connectivity index (χ3n) is 8.30. The number of nitrogens with zero attached hydrogens (tertiary/aromatic N) is 3. The van der Waals surface area contributed by atoms with Crippen molar-refractivity contribution in [3.05, 3.63) is 71.9 Å². The van der Waals surface area contributed by atoms with Crippen LogP contribution in [0.15, 0.2) is 59.1 Å². The number of methoxy groups -OCH3 is 2. The number of unbranched alkanes of at least 4 members (excludes halogenated alkanes) is 2. The van der Waals surface area contributed by atoms with Crippen LogP contribution < -0.4 is 9.47 Å². The molecular weight excluding hydrogens is 556 g/mol. The molecular formula is C35H40N4O5. The van der Waals surface area contributed by atoms with Gasteiger partial charge in [-0.1, -0.05) is 38.0 Å². The van der Waals surface area contributed by atoms with Gasteiger partial charge in [0.2, 0.25) is 17.7 Å². The van der Waals surface area contributed by atoms with Gasteiger partial charge in [-0.2, -0.15) is 0 Å². The van der Waals surface area contributed by atoms with E-state index in [4.69, 9.17) is 13.9 Å². The summed E-state index contributed by atoms with van der Waals surface area (Å²) in [6.07, 6.45) is 6.20. The Labute approximate surface area is 257 Å². The summed E-state index contributed by atoms with van der Waals surface area (Å²) in [5.41, 5.74) is 4.36. The number of hydrogen-bond acceptors (Lipinski definition) is 7. The third-order valence-corrected chi connectivity index (χ3v) is 8.30. The van der Waals surface area contributed by atoms with Crippen LogP contribution in [0.1, 0.15) is 68.6 Å². The molecule has 9 nitrogen and oxygen atoms in total. The summed E-state index contributed by atoms with van der Waals surface area (Å²) >= 11 is 0. The highest BCUT2D eigenvalue weighted by atomic mass is 16.5. The van der Waals surface area contributed by atoms with E-state index >= 15 is 0 Å². The molecule has 3 heterocycles. The van der Waals surface area contributed by atoms with Crippen molar-refractivity contribution in [2.24, 2.45) is 0 Å². The van der Waals surface area contributed by atoms with Gasteiger partial charge in [-0.25, -0.2) is 9.97 Å². The van der Waals surface area contributed by atoms with Crippen LogP contribution in [0.2, 0.25) is 0 Å². The maximum absolute atomic E-state index is 13.9. The monoisotopic (exact) mass is 596 g/mol. The molecule has 0 saturated heterocycles. The van der Waals surface area contributed by atoms with Gasteiger partial charge >= 0.3 is 0 Å². The lowest BCUT2D eigenvalue weighted by Crippen LogP contribution is -2.32. The second kappa shape index (κ2) is 13.8. The Morgan fingerprint density at radius 3 is 2.64 bits per heavy atom. The molecule has 9 heteroatoms. The number of aryl methyl sites for hydroxylation is 1. The topological polar surface area (TPSA) is 111 Å². The SMILES string of the molecule is CCC(=O)CCCCCC(c1ncc(-c2cc3ccccc3nc2OC)o1)N(C)C(=O)Cc1c(C)[nH]c2ccc(OC)cc12. The number of aromatic nitrogens is 3. The van der Waals surface area contributed by atoms with Crippen LogP contribution in [0.3, 0.4) is 0 Å². The highest BCUT2D eigenvalue weighted by Crippen LogP contribution is 2.35. The van der Waals surface area contributed by atoms with Gasteiger partial charge in [-0.15, -0.1) is 0 Å². The molecule has 1 amide bonds. The summed E-state index contributed by atoms with van der Waals surface area (Å²) in [7, 11) is 5.02. The molecule has 0 radical (unpaired) electrons. The van der Waals surface area contributed by atoms with Crippen molar-refractivity contribution >= 4 is 33.5 Å². The van der Waals surface area contributed by atoms with Gasteiger partial charge in [0.15, 0.2) is 5.76 Å². The molecule has 0 bridgehead atoms. The van der Waals surface area contributed by atoms with E-state index in [2.05, 4.69) is 15.0 Å². The average Bonchev–Trinajstić information content (AvgIpc) is 3.65. The van der Waals surface area contributed by atoms with Crippen molar-refractivity contribution in [2.75, 3.05) is 21.3 Å². The summed E-state index contributed by atoms with van der Waals surface area (Å²) < 4.78 is 17.4. The zero-order valence-electron chi connectivity index (χ0n) is 26.1. The van der Waals surface area contributed by atoms with Crippen LogP contribution in [-0.2, 0) is 16.0 Å². The van der Waals surface area contributed by atoms with E-state index in [1.165, 1.54) is 0 Å². The smallest absolute Gasteiger partial charge is 0.227 e. The van der Waals surface area contributed by atoms with Crippen LogP contribution in [0.25, 0.3) is 33.1 Å². The van der Waals surface area contributed by atoms with Gasteiger partial charge < -0.3 is 23.8 Å². The number of ether oxygens (including phenoxy) is 2. The average molecular weight is 597 g/mol. The summed E-state index contributed by atoms with van der Waals surface area (Å²) in [6, 6.07) is 15.2. The number of carbonyl (C=O) groups excluding carboxylic acids is 2. The number of nitrogens with one attached hydrogen (secondary N) is 1. The summed E-state index contributed by atoms with van der Waals surface area (Å²) in [6.45, 7) is 3.88. The molecule has 0 aliphatic rings. The van der Waals surface area contributed by atoms with E-state index in [0.717, 1.165) is 58.1 Å². The van der Waals surface area contributed by atoms with E-state index in [1.54, 1.807) is 32.4 Å². The first-order valence-corrected chi connectivity index (χ1v) is 15.1. The second-order valence-corrected chi connectivity index (χ2v) is 11.1. The number of H-pyrrole nitrogens is 1. The largest absolute Gasteiger partial charge is 0.497 e. The molecule has 1 atom stereocenters. The normalized spacial score (nSPS) is 12.0. The lowest BCUT2D eigenvalue weighted by atomic mass is 10.0. The molecule has 1 unspecified atom stereocenters. The number of hydrogen-bond donors (Lipinski definition) is 1. The minimum absolute atomic E-state index is 0.0484. The lowest BCUT2D eigenvalue weighted by molar-refractivity contribution is -0.132. The Kier molecular flexibility index (Phi) is 9.62. The van der Waals surface area contributed by atoms with Gasteiger partial charge in [0.1, 0.15) is 17.6 Å². The van der Waals surface area contributed by atoms with Gasteiger partial charge in [0.25, 0.3) is 0 Å². The number of benzene rings is 2. The number of oxazole rings is 1. The van der Waals surface area contributed by atoms with Crippen molar-refractivity contribution in [3.8, 4) is 23.0 Å². The number of pyridine rings is 1. The molecule has 44 heavy (non-hydrogen) atoms. The van der Waals surface area contributed by atoms with E-state index in [0.29, 0.717) is 42.4 Å². The zero-order chi connectivity index (χ0) is 31.2. The number of likely N-dealkylation sites (N-methyl/N-ethyl adjacent to an activating group) is 1. The first kappa shape index (κ1) is 30.8. The maximum Gasteiger partial charge on any atom is 0.227 e. The highest BCUT2D eigenvalue weighted by Gasteiger charge is 2.28. The van der Waals surface area contributed by atoms with Gasteiger partial charge in [0.05, 0.1) is 37.9 Å². The Morgan fingerprint density at radius 2 is 1.86 bits per heavy atom. The van der Waals surface area contributed by atoms with Crippen molar-refractivity contribution in [1.82, 2.24) is 19.9 Å². The Hall–Kier alpha value is -4.66. The van der Waals surface area contributed by atoms with E-state index in [1.807, 2.05) is 62.4 Å². The molecule has 0 aliphatic heterocycles. The highest BCUT2D eigenvalue weighted by molar-refractivity contribution is 5.91. The molecule has 0 aliphatic carbocycles. The molecule has 5 rings (SSSR count). The number of carbonyl (C=O) groups is 2. The van der Waals surface area contributed by atoms with Crippen molar-refractivity contribution in [1.29, 1.82) is 0 Å². The number of rotatable bonds is 14. The molecule has 5 aromatic rings. The summed E-state index contributed by atoms with van der Waals surface area (Å²) in [4.78, 5) is 40.1. The van der Waals surface area contributed by atoms with Gasteiger partial charge in [-0.3, -0.25) is 9.59 Å². The fourth-order valence-electron chi connectivity index (χ4n) is 5.66. The maximum atomic E-state index is 13.9. The van der Waals surface area contributed by atoms with E-state index in [9.17, 15) is 9.59 Å². The number of para-hydroxylation sites is 1. The fraction of sp³-hybridized carbons (Fsp3) is 0.371. The van der Waals surface area contributed by atoms with Crippen LogP contribution in [-0.4, -0.2) is 52.8 Å². The fourth-order valence-corrected chi connectivity index (χ4v) is 5.66. The molecule has 1 N–H and O–H groups in total. The lowest BCUT2D eigenvalue weighted by Gasteiger charge is -2.26. The molecule has 0 saturated carbocycles. The predicted molar refractivity (Wildman–Crippen MR) is 171 cm³/mol. The summed E-state index contributed by atoms with van der Waals surface area (Å²) in [5.74, 6) is 2.38. The minimum Gasteiger partial charge on any atom is -0.497 e. The second-order valence-electron chi connectivity index (χ2n) is 11.1. The number of amides is 1. The van der Waals surface area contributed by atoms with E-state index in [-0.39, 0.29) is 18.1 Å². The number of ketones is 1. The van der Waals surface area contributed by atoms with Crippen LogP contribution in [0, 0.1) is 6.92 Å². The van der Waals surface area contributed by atoms with Gasteiger partial charge in [-0.05, 0) is 55.7 Å². The molecule has 2 aromatic carbocycles.